The van der Waals surface area contributed by atoms with Crippen molar-refractivity contribution in [2.45, 2.75) is 70.4 Å². The SMILES string of the molecule is COc1cc(O[C@H]2CCc3c(-c4cccc(-c5ccc(CNC[C@@H]6CCC(=O)N6)c(OC)n5)c4Cl)cccc32)c(C(F)(F)F)cc1CN1CC[C@@](C)(C(=O)O)C1. The normalized spacial score (nSPS) is 20.9. The fourth-order valence-electron chi connectivity index (χ4n) is 8.07. The van der Waals surface area contributed by atoms with E-state index in [9.17, 15) is 27.9 Å². The molecular formula is C42H44ClF3N4O6. The lowest BCUT2D eigenvalue weighted by molar-refractivity contribution is -0.147. The molecule has 1 amide bonds. The number of halogens is 4. The van der Waals surface area contributed by atoms with Crippen molar-refractivity contribution in [2.24, 2.45) is 5.41 Å². The van der Waals surface area contributed by atoms with E-state index in [1.165, 1.54) is 13.2 Å². The van der Waals surface area contributed by atoms with Crippen LogP contribution in [0, 0.1) is 5.41 Å². The Balaban J connectivity index is 1.12. The molecule has 0 saturated carbocycles. The summed E-state index contributed by atoms with van der Waals surface area (Å²) in [5.41, 5.74) is 3.93. The van der Waals surface area contributed by atoms with E-state index in [1.807, 2.05) is 53.4 Å². The molecule has 2 fully saturated rings. The molecule has 1 aliphatic carbocycles. The molecule has 3 heterocycles. The number of nitrogens with zero attached hydrogens (tertiary/aromatic N) is 2. The molecule has 0 unspecified atom stereocenters. The van der Waals surface area contributed by atoms with Gasteiger partial charge in [-0.1, -0.05) is 54.1 Å². The maximum absolute atomic E-state index is 14.6. The largest absolute Gasteiger partial charge is 0.496 e. The van der Waals surface area contributed by atoms with Gasteiger partial charge in [0.2, 0.25) is 11.8 Å². The second-order valence-corrected chi connectivity index (χ2v) is 15.3. The van der Waals surface area contributed by atoms with Gasteiger partial charge in [-0.2, -0.15) is 13.2 Å². The first-order valence-electron chi connectivity index (χ1n) is 18.6. The van der Waals surface area contributed by atoms with Gasteiger partial charge in [0.05, 0.1) is 35.9 Å². The van der Waals surface area contributed by atoms with Crippen LogP contribution in [0.3, 0.4) is 0 Å². The molecule has 3 N–H and O–H groups in total. The van der Waals surface area contributed by atoms with E-state index in [2.05, 4.69) is 10.6 Å². The van der Waals surface area contributed by atoms with E-state index in [0.717, 1.165) is 40.3 Å². The Morgan fingerprint density at radius 1 is 1.02 bits per heavy atom. The summed E-state index contributed by atoms with van der Waals surface area (Å²) in [6, 6.07) is 17.7. The van der Waals surface area contributed by atoms with Crippen LogP contribution in [0.2, 0.25) is 5.02 Å². The van der Waals surface area contributed by atoms with E-state index >= 15 is 0 Å². The van der Waals surface area contributed by atoms with Gasteiger partial charge in [0, 0.05) is 67.0 Å². The highest BCUT2D eigenvalue weighted by Crippen LogP contribution is 2.47. The number of aliphatic carboxylic acids is 1. The Bertz CT molecular complexity index is 2150. The summed E-state index contributed by atoms with van der Waals surface area (Å²) < 4.78 is 61.3. The van der Waals surface area contributed by atoms with Gasteiger partial charge in [-0.3, -0.25) is 14.5 Å². The Morgan fingerprint density at radius 2 is 1.79 bits per heavy atom. The lowest BCUT2D eigenvalue weighted by Gasteiger charge is -2.24. The number of carboxylic acids is 1. The highest BCUT2D eigenvalue weighted by molar-refractivity contribution is 6.36. The first-order chi connectivity index (χ1) is 26.8. The summed E-state index contributed by atoms with van der Waals surface area (Å²) in [7, 11) is 2.96. The van der Waals surface area contributed by atoms with Gasteiger partial charge in [-0.15, -0.1) is 0 Å². The number of rotatable bonds is 13. The molecule has 0 spiro atoms. The van der Waals surface area contributed by atoms with E-state index in [0.29, 0.717) is 73.0 Å². The maximum Gasteiger partial charge on any atom is 0.419 e. The smallest absolute Gasteiger partial charge is 0.419 e. The monoisotopic (exact) mass is 792 g/mol. The molecule has 1 aromatic heterocycles. The van der Waals surface area contributed by atoms with Crippen molar-refractivity contribution < 1.29 is 42.1 Å². The minimum Gasteiger partial charge on any atom is -0.496 e. The van der Waals surface area contributed by atoms with Crippen LogP contribution in [0.25, 0.3) is 22.4 Å². The number of pyridine rings is 1. The highest BCUT2D eigenvalue weighted by Gasteiger charge is 2.42. The summed E-state index contributed by atoms with van der Waals surface area (Å²) in [6.07, 6.45) is -2.62. The average Bonchev–Trinajstić information content (AvgIpc) is 3.90. The average molecular weight is 793 g/mol. The number of nitrogens with one attached hydrogen (secondary N) is 2. The Hall–Kier alpha value is -4.85. The maximum atomic E-state index is 14.6. The van der Waals surface area contributed by atoms with Crippen LogP contribution in [0.1, 0.15) is 66.5 Å². The Morgan fingerprint density at radius 3 is 2.48 bits per heavy atom. The van der Waals surface area contributed by atoms with Crippen LogP contribution < -0.4 is 24.8 Å². The summed E-state index contributed by atoms with van der Waals surface area (Å²) in [4.78, 5) is 29.9. The fraction of sp³-hybridized carbons (Fsp3) is 0.405. The van der Waals surface area contributed by atoms with Gasteiger partial charge >= 0.3 is 12.1 Å². The Labute approximate surface area is 328 Å². The van der Waals surface area contributed by atoms with Crippen molar-refractivity contribution >= 4 is 23.5 Å². The van der Waals surface area contributed by atoms with E-state index in [-0.39, 0.29) is 36.5 Å². The second-order valence-electron chi connectivity index (χ2n) is 15.0. The molecule has 3 aliphatic rings. The van der Waals surface area contributed by atoms with Crippen LogP contribution >= 0.6 is 11.6 Å². The number of amides is 1. The molecule has 296 valence electrons. The van der Waals surface area contributed by atoms with Crippen molar-refractivity contribution in [3.63, 3.8) is 0 Å². The van der Waals surface area contributed by atoms with Gasteiger partial charge in [-0.05, 0) is 68.0 Å². The van der Waals surface area contributed by atoms with E-state index < -0.39 is 29.2 Å². The van der Waals surface area contributed by atoms with Crippen LogP contribution in [0.5, 0.6) is 17.4 Å². The molecule has 7 rings (SSSR count). The number of carboxylic acid groups (broad SMARTS) is 1. The molecule has 10 nitrogen and oxygen atoms in total. The molecule has 2 saturated heterocycles. The number of ether oxygens (including phenoxy) is 3. The fourth-order valence-corrected chi connectivity index (χ4v) is 8.39. The molecule has 3 aromatic carbocycles. The summed E-state index contributed by atoms with van der Waals surface area (Å²) in [6.45, 7) is 3.56. The summed E-state index contributed by atoms with van der Waals surface area (Å²) in [5, 5.41) is 16.4. The lowest BCUT2D eigenvalue weighted by atomic mass is 9.90. The van der Waals surface area contributed by atoms with Crippen LogP contribution in [-0.4, -0.2) is 66.8 Å². The number of fused-ring (bicyclic) bond motifs is 1. The third-order valence-corrected chi connectivity index (χ3v) is 11.5. The molecule has 2 aliphatic heterocycles. The third-order valence-electron chi connectivity index (χ3n) is 11.1. The van der Waals surface area contributed by atoms with Gasteiger partial charge in [0.25, 0.3) is 0 Å². The second kappa shape index (κ2) is 16.0. The molecule has 0 bridgehead atoms. The minimum absolute atomic E-state index is 0.0685. The van der Waals surface area contributed by atoms with Crippen molar-refractivity contribution in [3.05, 3.63) is 93.5 Å². The lowest BCUT2D eigenvalue weighted by Crippen LogP contribution is -2.35. The molecule has 4 aromatic rings. The molecule has 0 radical (unpaired) electrons. The third kappa shape index (κ3) is 8.03. The van der Waals surface area contributed by atoms with Crippen LogP contribution in [-0.2, 0) is 35.3 Å². The van der Waals surface area contributed by atoms with E-state index in [1.54, 1.807) is 14.0 Å². The number of likely N-dealkylation sites (tertiary alicyclic amines) is 1. The first kappa shape index (κ1) is 39.4. The predicted molar refractivity (Wildman–Crippen MR) is 205 cm³/mol. The van der Waals surface area contributed by atoms with Crippen molar-refractivity contribution in [1.29, 1.82) is 0 Å². The van der Waals surface area contributed by atoms with Gasteiger partial charge in [0.1, 0.15) is 17.6 Å². The number of hydrogen-bond acceptors (Lipinski definition) is 8. The molecule has 3 atom stereocenters. The van der Waals surface area contributed by atoms with Crippen molar-refractivity contribution in [2.75, 3.05) is 33.9 Å². The van der Waals surface area contributed by atoms with Crippen molar-refractivity contribution in [1.82, 2.24) is 20.5 Å². The molecule has 14 heteroatoms. The zero-order valence-corrected chi connectivity index (χ0v) is 32.1. The van der Waals surface area contributed by atoms with Crippen LogP contribution in [0.4, 0.5) is 13.2 Å². The number of methoxy groups -OCH3 is 2. The minimum atomic E-state index is -4.71. The number of carbonyl (C=O) groups is 2. The number of carbonyl (C=O) groups excluding carboxylic acids is 1. The number of benzene rings is 3. The molecular weight excluding hydrogens is 749 g/mol. The standard InChI is InChI=1S/C42H44ClF3N4O6/c1-41(40(52)53)16-17-50(23-41)22-25-18-32(42(44,45)46)36(19-35(25)54-2)56-34-14-12-28-27(6-4-7-29(28)34)30-8-5-9-31(38(30)43)33-13-10-24(39(49-33)55-3)20-47-21-26-11-15-37(51)48-26/h4-10,13,18-19,26,34,47H,11-12,14-17,20-23H2,1-3H3,(H,48,51)(H,52,53)/t26-,34-,41+/m0/s1. The zero-order valence-electron chi connectivity index (χ0n) is 31.4. The zero-order chi connectivity index (χ0) is 39.8. The molecule has 56 heavy (non-hydrogen) atoms. The topological polar surface area (TPSA) is 122 Å². The number of hydrogen-bond donors (Lipinski definition) is 3. The van der Waals surface area contributed by atoms with E-state index in [4.69, 9.17) is 30.8 Å². The summed E-state index contributed by atoms with van der Waals surface area (Å²) >= 11 is 7.13. The highest BCUT2D eigenvalue weighted by atomic mass is 35.5. The number of alkyl halides is 3. The van der Waals surface area contributed by atoms with Gasteiger partial charge in [0.15, 0.2) is 0 Å². The Kier molecular flexibility index (Phi) is 11.2. The van der Waals surface area contributed by atoms with Crippen molar-refractivity contribution in [3.8, 4) is 39.8 Å². The van der Waals surface area contributed by atoms with Gasteiger partial charge < -0.3 is 30.0 Å². The summed E-state index contributed by atoms with van der Waals surface area (Å²) in [5.74, 6) is -0.502. The number of aromatic nitrogens is 1. The quantitative estimate of drug-likeness (QED) is 0.124. The first-order valence-corrected chi connectivity index (χ1v) is 19.0. The van der Waals surface area contributed by atoms with Crippen LogP contribution in [0.15, 0.2) is 60.7 Å². The van der Waals surface area contributed by atoms with Gasteiger partial charge in [-0.25, -0.2) is 4.98 Å². The predicted octanol–water partition coefficient (Wildman–Crippen LogP) is 7.84.